The van der Waals surface area contributed by atoms with Crippen LogP contribution in [-0.2, 0) is 4.79 Å². The van der Waals surface area contributed by atoms with E-state index in [1.807, 2.05) is 13.0 Å². The summed E-state index contributed by atoms with van der Waals surface area (Å²) in [5.74, 6) is -1.59. The molecule has 16 heavy (non-hydrogen) atoms. The number of carboxylic acids is 1. The van der Waals surface area contributed by atoms with Gasteiger partial charge in [0, 0.05) is 5.56 Å². The molecule has 5 nitrogen and oxygen atoms in total. The fourth-order valence-corrected chi connectivity index (χ4v) is 1.03. The number of benzene rings is 1. The van der Waals surface area contributed by atoms with Crippen LogP contribution in [0.25, 0.3) is 0 Å². The third-order valence-corrected chi connectivity index (χ3v) is 1.91. The molecule has 1 aromatic carbocycles. The second-order valence-electron chi connectivity index (χ2n) is 3.31. The van der Waals surface area contributed by atoms with Gasteiger partial charge in [0.25, 0.3) is 5.91 Å². The number of hydrogen-bond acceptors (Lipinski definition) is 3. The first-order valence-electron chi connectivity index (χ1n) is 4.65. The number of rotatable bonds is 3. The van der Waals surface area contributed by atoms with Crippen LogP contribution in [0, 0.1) is 6.92 Å². The molecule has 0 spiro atoms. The van der Waals surface area contributed by atoms with E-state index >= 15 is 0 Å². The molecule has 0 bridgehead atoms. The molecule has 0 aliphatic rings. The molecule has 1 amide bonds. The summed E-state index contributed by atoms with van der Waals surface area (Å²) >= 11 is 0. The molecule has 0 fully saturated rings. The van der Waals surface area contributed by atoms with E-state index in [0.29, 0.717) is 5.56 Å². The smallest absolute Gasteiger partial charge is 0.351 e. The zero-order valence-corrected chi connectivity index (χ0v) is 9.02. The summed E-state index contributed by atoms with van der Waals surface area (Å²) in [6.07, 6.45) is 0. The number of aliphatic carboxylic acids is 1. The van der Waals surface area contributed by atoms with Gasteiger partial charge in [-0.05, 0) is 26.0 Å². The number of carboxylic acid groups (broad SMARTS) is 1. The standard InChI is InChI=1S/C11H12N2O3/c1-7-4-3-5-9(6-7)10(14)13-12-8(2)11(15)16/h3-6H,1-2H3,(H,13,14)(H,15,16). The quantitative estimate of drug-likeness (QED) is 0.593. The van der Waals surface area contributed by atoms with Crippen molar-refractivity contribution < 1.29 is 14.7 Å². The molecule has 0 atom stereocenters. The molecule has 1 aromatic rings. The zero-order valence-electron chi connectivity index (χ0n) is 9.02. The lowest BCUT2D eigenvalue weighted by Gasteiger charge is -2.01. The molecule has 0 radical (unpaired) electrons. The fourth-order valence-electron chi connectivity index (χ4n) is 1.03. The van der Waals surface area contributed by atoms with E-state index in [1.54, 1.807) is 18.2 Å². The average molecular weight is 220 g/mol. The highest BCUT2D eigenvalue weighted by Crippen LogP contribution is 2.03. The van der Waals surface area contributed by atoms with Gasteiger partial charge >= 0.3 is 5.97 Å². The third kappa shape index (κ3) is 3.20. The van der Waals surface area contributed by atoms with E-state index in [-0.39, 0.29) is 5.71 Å². The van der Waals surface area contributed by atoms with Gasteiger partial charge in [0.1, 0.15) is 5.71 Å². The van der Waals surface area contributed by atoms with Crippen molar-refractivity contribution in [3.63, 3.8) is 0 Å². The van der Waals surface area contributed by atoms with Crippen molar-refractivity contribution >= 4 is 17.6 Å². The number of amides is 1. The topological polar surface area (TPSA) is 78.8 Å². The lowest BCUT2D eigenvalue weighted by molar-refractivity contribution is -0.129. The van der Waals surface area contributed by atoms with Crippen LogP contribution in [0.2, 0.25) is 0 Å². The number of carbonyl (C=O) groups excluding carboxylic acids is 1. The van der Waals surface area contributed by atoms with E-state index in [1.165, 1.54) is 6.92 Å². The molecule has 84 valence electrons. The monoisotopic (exact) mass is 220 g/mol. The van der Waals surface area contributed by atoms with Crippen LogP contribution in [0.1, 0.15) is 22.8 Å². The highest BCUT2D eigenvalue weighted by atomic mass is 16.4. The fraction of sp³-hybridized carbons (Fsp3) is 0.182. The molecule has 1 rings (SSSR count). The van der Waals surface area contributed by atoms with Crippen molar-refractivity contribution in [2.24, 2.45) is 5.10 Å². The Morgan fingerprint density at radius 3 is 2.62 bits per heavy atom. The Labute approximate surface area is 92.8 Å². The predicted molar refractivity (Wildman–Crippen MR) is 59.4 cm³/mol. The molecule has 0 aliphatic carbocycles. The number of hydrazone groups is 1. The van der Waals surface area contributed by atoms with Gasteiger partial charge in [-0.1, -0.05) is 17.7 Å². The van der Waals surface area contributed by atoms with Crippen molar-refractivity contribution in [3.8, 4) is 0 Å². The van der Waals surface area contributed by atoms with Gasteiger partial charge < -0.3 is 5.11 Å². The summed E-state index contributed by atoms with van der Waals surface area (Å²) in [4.78, 5) is 21.9. The lowest BCUT2D eigenvalue weighted by atomic mass is 10.1. The van der Waals surface area contributed by atoms with Crippen LogP contribution >= 0.6 is 0 Å². The van der Waals surface area contributed by atoms with Gasteiger partial charge in [0.05, 0.1) is 0 Å². The van der Waals surface area contributed by atoms with Crippen LogP contribution in [0.15, 0.2) is 29.4 Å². The summed E-state index contributed by atoms with van der Waals surface area (Å²) in [5, 5.41) is 12.0. The SMILES string of the molecule is CC(=NNC(=O)c1cccc(C)c1)C(=O)O. The number of nitrogens with one attached hydrogen (secondary N) is 1. The normalized spacial score (nSPS) is 11.0. The number of hydrogen-bond donors (Lipinski definition) is 2. The van der Waals surface area contributed by atoms with Gasteiger partial charge in [-0.15, -0.1) is 0 Å². The van der Waals surface area contributed by atoms with Crippen molar-refractivity contribution in [1.29, 1.82) is 0 Å². The third-order valence-electron chi connectivity index (χ3n) is 1.91. The first-order chi connectivity index (χ1) is 7.50. The lowest BCUT2D eigenvalue weighted by Crippen LogP contribution is -2.21. The first kappa shape index (κ1) is 11.9. The van der Waals surface area contributed by atoms with Gasteiger partial charge in [0.2, 0.25) is 0 Å². The van der Waals surface area contributed by atoms with Gasteiger partial charge in [-0.2, -0.15) is 5.10 Å². The van der Waals surface area contributed by atoms with Crippen LogP contribution in [0.5, 0.6) is 0 Å². The van der Waals surface area contributed by atoms with Crippen LogP contribution in [-0.4, -0.2) is 22.7 Å². The molecule has 2 N–H and O–H groups in total. The maximum absolute atomic E-state index is 11.5. The maximum atomic E-state index is 11.5. The van der Waals surface area contributed by atoms with E-state index in [9.17, 15) is 9.59 Å². The average Bonchev–Trinajstić information content (AvgIpc) is 2.25. The number of aryl methyl sites for hydroxylation is 1. The molecule has 0 unspecified atom stereocenters. The molecule has 0 saturated carbocycles. The molecular formula is C11H12N2O3. The van der Waals surface area contributed by atoms with E-state index in [0.717, 1.165) is 5.56 Å². The van der Waals surface area contributed by atoms with Crippen molar-refractivity contribution in [3.05, 3.63) is 35.4 Å². The number of nitrogens with zero attached hydrogens (tertiary/aromatic N) is 1. The van der Waals surface area contributed by atoms with E-state index in [4.69, 9.17) is 5.11 Å². The van der Waals surface area contributed by atoms with Crippen molar-refractivity contribution in [2.75, 3.05) is 0 Å². The largest absolute Gasteiger partial charge is 0.477 e. The highest BCUT2D eigenvalue weighted by molar-refractivity contribution is 6.34. The zero-order chi connectivity index (χ0) is 12.1. The summed E-state index contributed by atoms with van der Waals surface area (Å²) in [5.41, 5.74) is 3.41. The summed E-state index contributed by atoms with van der Waals surface area (Å²) < 4.78 is 0. The van der Waals surface area contributed by atoms with Crippen LogP contribution in [0.3, 0.4) is 0 Å². The maximum Gasteiger partial charge on any atom is 0.351 e. The first-order valence-corrected chi connectivity index (χ1v) is 4.65. The predicted octanol–water partition coefficient (Wildman–Crippen LogP) is 1.19. The summed E-state index contributed by atoms with van der Waals surface area (Å²) in [6.45, 7) is 3.17. The van der Waals surface area contributed by atoms with E-state index in [2.05, 4.69) is 10.5 Å². The summed E-state index contributed by atoms with van der Waals surface area (Å²) in [7, 11) is 0. The summed E-state index contributed by atoms with van der Waals surface area (Å²) in [6, 6.07) is 6.94. The molecule has 0 heterocycles. The van der Waals surface area contributed by atoms with Gasteiger partial charge in [-0.25, -0.2) is 10.2 Å². The Morgan fingerprint density at radius 1 is 1.38 bits per heavy atom. The minimum absolute atomic E-state index is 0.166. The molecular weight excluding hydrogens is 208 g/mol. The van der Waals surface area contributed by atoms with Gasteiger partial charge in [0.15, 0.2) is 0 Å². The minimum Gasteiger partial charge on any atom is -0.477 e. The van der Waals surface area contributed by atoms with Gasteiger partial charge in [-0.3, -0.25) is 4.79 Å². The Balaban J connectivity index is 2.74. The van der Waals surface area contributed by atoms with Crippen LogP contribution in [0.4, 0.5) is 0 Å². The molecule has 5 heteroatoms. The van der Waals surface area contributed by atoms with Crippen LogP contribution < -0.4 is 5.43 Å². The highest BCUT2D eigenvalue weighted by Gasteiger charge is 2.06. The van der Waals surface area contributed by atoms with Crippen molar-refractivity contribution in [1.82, 2.24) is 5.43 Å². The molecule has 0 saturated heterocycles. The molecule has 0 aliphatic heterocycles. The van der Waals surface area contributed by atoms with E-state index < -0.39 is 11.9 Å². The Bertz CT molecular complexity index is 452. The Kier molecular flexibility index (Phi) is 3.77. The Morgan fingerprint density at radius 2 is 2.06 bits per heavy atom. The second-order valence-corrected chi connectivity index (χ2v) is 3.31. The Hall–Kier alpha value is -2.17. The van der Waals surface area contributed by atoms with Crippen molar-refractivity contribution in [2.45, 2.75) is 13.8 Å². The minimum atomic E-state index is -1.16. The number of carbonyl (C=O) groups is 2. The second kappa shape index (κ2) is 5.06. The molecule has 0 aromatic heterocycles.